The molecular formula is C41H66O14. The Kier molecular flexibility index (Phi) is 9.06. The van der Waals surface area contributed by atoms with E-state index >= 15 is 0 Å². The lowest BCUT2D eigenvalue weighted by atomic mass is 9.41. The molecule has 0 aromatic rings. The first kappa shape index (κ1) is 39.9. The first-order chi connectivity index (χ1) is 25.6. The van der Waals surface area contributed by atoms with Gasteiger partial charge in [-0.3, -0.25) is 0 Å². The van der Waals surface area contributed by atoms with Crippen LogP contribution in [0.3, 0.4) is 0 Å². The van der Waals surface area contributed by atoms with Crippen LogP contribution in [0.2, 0.25) is 0 Å². The van der Waals surface area contributed by atoms with Crippen molar-refractivity contribution >= 4 is 0 Å². The number of rotatable bonds is 6. The lowest BCUT2D eigenvalue weighted by Gasteiger charge is -2.64. The number of aliphatic hydroxyl groups is 7. The third-order valence-electron chi connectivity index (χ3n) is 17.9. The van der Waals surface area contributed by atoms with Gasteiger partial charge >= 0.3 is 0 Å². The molecule has 2 bridgehead atoms. The Morgan fingerprint density at radius 2 is 1.38 bits per heavy atom. The van der Waals surface area contributed by atoms with E-state index in [0.717, 1.165) is 38.5 Å². The fourth-order valence-electron chi connectivity index (χ4n) is 15.4. The van der Waals surface area contributed by atoms with Gasteiger partial charge in [-0.1, -0.05) is 34.6 Å². The van der Waals surface area contributed by atoms with Crippen molar-refractivity contribution in [3.8, 4) is 0 Å². The molecule has 14 heteroatoms. The monoisotopic (exact) mass is 782 g/mol. The van der Waals surface area contributed by atoms with Gasteiger partial charge in [0.15, 0.2) is 24.7 Å². The van der Waals surface area contributed by atoms with Crippen molar-refractivity contribution in [1.82, 2.24) is 0 Å². The largest absolute Gasteiger partial charge is 0.393 e. The molecule has 3 spiro atoms. The first-order valence-electron chi connectivity index (χ1n) is 20.9. The lowest BCUT2D eigenvalue weighted by Crippen LogP contribution is -2.63. The van der Waals surface area contributed by atoms with Gasteiger partial charge in [0.05, 0.1) is 30.5 Å². The standard InChI is InChI=1S/C41H66O14/c1-18-13-21-31(36(4,5)55-34-28(48)25(45)27(47)32(49-8)52-34)54-41(53-21)16-38(7)30-19(42)14-22-35(2,3)23(51-33-26(46)24(44)20(43)15-50-33)9-10-39(22)17-40(30,39)12-11-37(38,6)29(18)41/h18-34,42-48H,9-17H2,1-8H3. The molecule has 22 unspecified atom stereocenters. The second-order valence-electron chi connectivity index (χ2n) is 21.1. The minimum atomic E-state index is -1.52. The fourth-order valence-corrected chi connectivity index (χ4v) is 15.4. The average molecular weight is 783 g/mol. The van der Waals surface area contributed by atoms with E-state index in [4.69, 9.17) is 33.2 Å². The zero-order valence-electron chi connectivity index (χ0n) is 33.7. The summed E-state index contributed by atoms with van der Waals surface area (Å²) in [6.45, 7) is 15.3. The molecule has 9 fully saturated rings. The van der Waals surface area contributed by atoms with E-state index in [1.54, 1.807) is 0 Å². The van der Waals surface area contributed by atoms with Crippen LogP contribution in [0.25, 0.3) is 0 Å². The molecular weight excluding hydrogens is 716 g/mol. The maximum Gasteiger partial charge on any atom is 0.190 e. The van der Waals surface area contributed by atoms with Crippen LogP contribution in [0.5, 0.6) is 0 Å². The fraction of sp³-hybridized carbons (Fsp3) is 1.00. The quantitative estimate of drug-likeness (QED) is 0.191. The predicted octanol–water partition coefficient (Wildman–Crippen LogP) is 1.56. The molecule has 4 heterocycles. The minimum Gasteiger partial charge on any atom is -0.393 e. The number of ether oxygens (including phenoxy) is 7. The molecule has 9 rings (SSSR count). The van der Waals surface area contributed by atoms with E-state index in [0.29, 0.717) is 12.8 Å². The average Bonchev–Trinajstić information content (AvgIpc) is 3.58. The second-order valence-corrected chi connectivity index (χ2v) is 21.1. The highest BCUT2D eigenvalue weighted by Gasteiger charge is 2.87. The van der Waals surface area contributed by atoms with Gasteiger partial charge in [0.2, 0.25) is 0 Å². The number of fused-ring (bicyclic) bond motifs is 4. The third kappa shape index (κ3) is 5.10. The van der Waals surface area contributed by atoms with Gasteiger partial charge in [-0.05, 0) is 104 Å². The van der Waals surface area contributed by atoms with Crippen molar-refractivity contribution in [3.63, 3.8) is 0 Å². The molecule has 22 atom stereocenters. The molecule has 0 amide bonds. The topological polar surface area (TPSA) is 206 Å². The highest BCUT2D eigenvalue weighted by molar-refractivity contribution is 5.34. The van der Waals surface area contributed by atoms with Crippen molar-refractivity contribution < 1.29 is 68.9 Å². The van der Waals surface area contributed by atoms with E-state index in [9.17, 15) is 35.7 Å². The second kappa shape index (κ2) is 12.5. The van der Waals surface area contributed by atoms with E-state index in [1.165, 1.54) is 7.11 Å². The summed E-state index contributed by atoms with van der Waals surface area (Å²) in [4.78, 5) is 0. The molecule has 14 nitrogen and oxygen atoms in total. The molecule has 4 saturated heterocycles. The molecule has 55 heavy (non-hydrogen) atoms. The minimum absolute atomic E-state index is 0.0299. The molecule has 7 N–H and O–H groups in total. The number of aliphatic hydroxyl groups excluding tert-OH is 7. The molecule has 9 aliphatic rings. The lowest BCUT2D eigenvalue weighted by molar-refractivity contribution is -0.368. The zero-order chi connectivity index (χ0) is 39.6. The number of hydrogen-bond donors (Lipinski definition) is 7. The molecule has 5 aliphatic carbocycles. The number of methoxy groups -OCH3 is 1. The maximum atomic E-state index is 12.6. The summed E-state index contributed by atoms with van der Waals surface area (Å²) in [7, 11) is 1.36. The highest BCUT2D eigenvalue weighted by Crippen LogP contribution is 2.90. The summed E-state index contributed by atoms with van der Waals surface area (Å²) in [6.07, 6.45) is -6.45. The van der Waals surface area contributed by atoms with Gasteiger partial charge in [-0.2, -0.15) is 0 Å². The van der Waals surface area contributed by atoms with Crippen LogP contribution >= 0.6 is 0 Å². The van der Waals surface area contributed by atoms with Crippen LogP contribution in [0.1, 0.15) is 99.8 Å². The molecule has 314 valence electrons. The zero-order valence-corrected chi connectivity index (χ0v) is 33.7. The van der Waals surface area contributed by atoms with Crippen molar-refractivity contribution in [3.05, 3.63) is 0 Å². The summed E-state index contributed by atoms with van der Waals surface area (Å²) in [5.41, 5.74) is -1.80. The Morgan fingerprint density at radius 3 is 2.09 bits per heavy atom. The molecule has 0 aromatic carbocycles. The molecule has 0 radical (unpaired) electrons. The van der Waals surface area contributed by atoms with Crippen LogP contribution in [-0.2, 0) is 33.2 Å². The van der Waals surface area contributed by atoms with Gasteiger partial charge in [0.1, 0.15) is 42.7 Å². The normalized spacial score (nSPS) is 60.6. The SMILES string of the molecule is COC1OC(OC(C)(C)C2OC34CC5(C)C6C(O)CC7C(C)(C)C(OC8OCC(O)C(O)C8O)CCC78CC68CCC5(C)C3C(C)CC2O4)C(O)C(O)C1O. The van der Waals surface area contributed by atoms with Gasteiger partial charge in [-0.15, -0.1) is 0 Å². The molecule has 5 saturated carbocycles. The highest BCUT2D eigenvalue weighted by atomic mass is 16.8. The van der Waals surface area contributed by atoms with Crippen molar-refractivity contribution in [1.29, 1.82) is 0 Å². The Balaban J connectivity index is 0.974. The summed E-state index contributed by atoms with van der Waals surface area (Å²) >= 11 is 0. The van der Waals surface area contributed by atoms with Crippen LogP contribution in [0.15, 0.2) is 0 Å². The predicted molar refractivity (Wildman–Crippen MR) is 191 cm³/mol. The number of hydrogen-bond acceptors (Lipinski definition) is 14. The summed E-state index contributed by atoms with van der Waals surface area (Å²) in [5, 5.41) is 75.4. The van der Waals surface area contributed by atoms with Crippen LogP contribution in [-0.4, -0.2) is 141 Å². The van der Waals surface area contributed by atoms with Crippen molar-refractivity contribution in [2.24, 2.45) is 50.7 Å². The summed E-state index contributed by atoms with van der Waals surface area (Å²) < 4.78 is 44.0. The first-order valence-corrected chi connectivity index (χ1v) is 20.9. The van der Waals surface area contributed by atoms with Crippen LogP contribution in [0, 0.1) is 50.7 Å². The Morgan fingerprint density at radius 1 is 0.691 bits per heavy atom. The Hall–Kier alpha value is -0.560. The van der Waals surface area contributed by atoms with E-state index in [2.05, 4.69) is 34.6 Å². The Bertz CT molecular complexity index is 1510. The van der Waals surface area contributed by atoms with E-state index in [-0.39, 0.29) is 69.6 Å². The smallest absolute Gasteiger partial charge is 0.190 e. The summed E-state index contributed by atoms with van der Waals surface area (Å²) in [6, 6.07) is 0. The van der Waals surface area contributed by atoms with Gasteiger partial charge < -0.3 is 68.9 Å². The molecule has 0 aromatic heterocycles. The Labute approximate surface area is 324 Å². The van der Waals surface area contributed by atoms with Crippen molar-refractivity contribution in [2.75, 3.05) is 13.7 Å². The van der Waals surface area contributed by atoms with Crippen molar-refractivity contribution in [2.45, 2.75) is 191 Å². The van der Waals surface area contributed by atoms with Gasteiger partial charge in [0.25, 0.3) is 0 Å². The van der Waals surface area contributed by atoms with E-state index in [1.807, 2.05) is 13.8 Å². The van der Waals surface area contributed by atoms with Gasteiger partial charge in [0, 0.05) is 19.4 Å². The van der Waals surface area contributed by atoms with Crippen LogP contribution < -0.4 is 0 Å². The van der Waals surface area contributed by atoms with Gasteiger partial charge in [-0.25, -0.2) is 0 Å². The van der Waals surface area contributed by atoms with Crippen LogP contribution in [0.4, 0.5) is 0 Å². The third-order valence-corrected chi connectivity index (χ3v) is 17.9. The maximum absolute atomic E-state index is 12.6. The van der Waals surface area contributed by atoms with E-state index < -0.39 is 79.1 Å². The summed E-state index contributed by atoms with van der Waals surface area (Å²) in [5.74, 6) is -0.287. The molecule has 4 aliphatic heterocycles.